The molecule has 1 unspecified atom stereocenters. The number of anilines is 1. The summed E-state index contributed by atoms with van der Waals surface area (Å²) in [5, 5.41) is 3.77. The average molecular weight is 916 g/mol. The fourth-order valence-electron chi connectivity index (χ4n) is 7.49. The largest absolute Gasteiger partial charge is 0.351 e. The average Bonchev–Trinajstić information content (AvgIpc) is 3.60. The molecule has 3 aromatic rings. The number of aliphatic imine (C=N–C) groups is 1. The smallest absolute Gasteiger partial charge is 0.327 e. The molecule has 0 saturated carbocycles. The van der Waals surface area contributed by atoms with Gasteiger partial charge in [0.15, 0.2) is 5.71 Å². The van der Waals surface area contributed by atoms with Crippen LogP contribution in [0.15, 0.2) is 101 Å². The molecule has 1 atom stereocenters. The van der Waals surface area contributed by atoms with Gasteiger partial charge in [-0.05, 0) is 91.9 Å². The lowest BCUT2D eigenvalue weighted by atomic mass is 9.75. The van der Waals surface area contributed by atoms with Crippen LogP contribution in [0.25, 0.3) is 0 Å². The van der Waals surface area contributed by atoms with Gasteiger partial charge in [-0.1, -0.05) is 30.4 Å². The number of hydrogen-bond donors (Lipinski definition) is 5. The van der Waals surface area contributed by atoms with Crippen LogP contribution in [0.1, 0.15) is 71.0 Å². The summed E-state index contributed by atoms with van der Waals surface area (Å²) in [4.78, 5) is 37.3. The number of carbonyl (C=O) groups excluding carboxylic acids is 2. The van der Waals surface area contributed by atoms with E-state index in [-0.39, 0.29) is 55.4 Å². The molecule has 18 nitrogen and oxygen atoms in total. The van der Waals surface area contributed by atoms with E-state index in [0.29, 0.717) is 45.2 Å². The minimum atomic E-state index is -4.65. The molecule has 2 amide bonds. The Hall–Kier alpha value is -5.13. The summed E-state index contributed by atoms with van der Waals surface area (Å²) in [6, 6.07) is 12.5. The lowest BCUT2D eigenvalue weighted by Gasteiger charge is -2.31. The molecule has 0 radical (unpaired) electrons. The number of fused-ring (bicyclic) bond motifs is 2. The van der Waals surface area contributed by atoms with Crippen molar-refractivity contribution in [1.29, 1.82) is 0 Å². The number of nitrogens with one attached hydrogen (secondary N) is 1. The minimum absolute atomic E-state index is 0.00401. The van der Waals surface area contributed by atoms with Crippen LogP contribution in [0.3, 0.4) is 0 Å². The Labute approximate surface area is 361 Å². The summed E-state index contributed by atoms with van der Waals surface area (Å²) in [6.45, 7) is 6.40. The third-order valence-electron chi connectivity index (χ3n) is 10.8. The Morgan fingerprint density at radius 3 is 2.18 bits per heavy atom. The number of carbonyl (C=O) groups is 2. The van der Waals surface area contributed by atoms with Crippen LogP contribution in [0.2, 0.25) is 0 Å². The van der Waals surface area contributed by atoms with Gasteiger partial charge in [0, 0.05) is 50.1 Å². The van der Waals surface area contributed by atoms with E-state index < -0.39 is 58.6 Å². The van der Waals surface area contributed by atoms with Gasteiger partial charge in [0.25, 0.3) is 42.2 Å². The van der Waals surface area contributed by atoms with Crippen LogP contribution in [0.5, 0.6) is 0 Å². The molecule has 2 aliphatic heterocycles. The molecule has 3 heterocycles. The Kier molecular flexibility index (Phi) is 14.4. The maximum atomic E-state index is 13.2. The highest BCUT2D eigenvalue weighted by atomic mass is 32.2. The van der Waals surface area contributed by atoms with Crippen molar-refractivity contribution < 1.29 is 57.9 Å². The summed E-state index contributed by atoms with van der Waals surface area (Å²) >= 11 is 0. The third kappa shape index (κ3) is 10.7. The van der Waals surface area contributed by atoms with Gasteiger partial charge in [-0.15, -0.1) is 0 Å². The van der Waals surface area contributed by atoms with E-state index in [0.717, 1.165) is 5.06 Å². The van der Waals surface area contributed by atoms with Gasteiger partial charge in [-0.3, -0.25) is 28.1 Å². The monoisotopic (exact) mass is 915 g/mol. The Balaban J connectivity index is 1.57. The Bertz CT molecular complexity index is 2700. The number of rotatable bonds is 18. The van der Waals surface area contributed by atoms with Gasteiger partial charge in [0.1, 0.15) is 6.20 Å². The number of benzene rings is 2. The molecule has 0 fully saturated rings. The molecule has 2 aliphatic rings. The van der Waals surface area contributed by atoms with Gasteiger partial charge < -0.3 is 16.0 Å². The van der Waals surface area contributed by atoms with Crippen molar-refractivity contribution >= 4 is 59.4 Å². The summed E-state index contributed by atoms with van der Waals surface area (Å²) < 4.78 is 102. The second-order valence-electron chi connectivity index (χ2n) is 15.4. The van der Waals surface area contributed by atoms with E-state index >= 15 is 0 Å². The number of nitrogens with zero attached hydrogens (tertiary/aromatic N) is 4. The van der Waals surface area contributed by atoms with Crippen LogP contribution in [-0.2, 0) is 52.6 Å². The molecule has 0 saturated heterocycles. The van der Waals surface area contributed by atoms with Gasteiger partial charge in [-0.25, -0.2) is 9.63 Å². The topological polar surface area (TPSA) is 267 Å². The van der Waals surface area contributed by atoms with Crippen molar-refractivity contribution in [1.82, 2.24) is 10.4 Å². The number of aromatic nitrogens is 1. The zero-order valence-corrected chi connectivity index (χ0v) is 37.3. The first-order valence-corrected chi connectivity index (χ1v) is 24.0. The molecule has 62 heavy (non-hydrogen) atoms. The number of nitrogens with two attached hydrogens (primary N) is 1. The van der Waals surface area contributed by atoms with Crippen LogP contribution in [0.4, 0.5) is 11.5 Å². The maximum Gasteiger partial charge on any atom is 0.327 e. The first kappa shape index (κ1) is 47.9. The van der Waals surface area contributed by atoms with Gasteiger partial charge in [-0.2, -0.15) is 25.3 Å². The number of pyridine rings is 1. The number of hydroxylamine groups is 2. The van der Waals surface area contributed by atoms with E-state index in [1.54, 1.807) is 71.5 Å². The second-order valence-corrected chi connectivity index (χ2v) is 20.0. The first-order valence-electron chi connectivity index (χ1n) is 19.4. The van der Waals surface area contributed by atoms with E-state index in [1.807, 2.05) is 25.7 Å². The normalized spacial score (nSPS) is 18.0. The van der Waals surface area contributed by atoms with Gasteiger partial charge >= 0.3 is 5.82 Å². The van der Waals surface area contributed by atoms with Crippen LogP contribution in [-0.4, -0.2) is 107 Å². The van der Waals surface area contributed by atoms with E-state index in [4.69, 9.17) is 15.6 Å². The maximum absolute atomic E-state index is 13.2. The highest BCUT2D eigenvalue weighted by molar-refractivity contribution is 7.86. The third-order valence-corrected chi connectivity index (χ3v) is 13.3. The van der Waals surface area contributed by atoms with Crippen molar-refractivity contribution in [3.63, 3.8) is 0 Å². The molecular weight excluding hydrogens is 865 g/mol. The molecule has 0 aliphatic carbocycles. The summed E-state index contributed by atoms with van der Waals surface area (Å²) in [7, 11) is -10.4. The quantitative estimate of drug-likeness (QED) is 0.0531. The van der Waals surface area contributed by atoms with Crippen molar-refractivity contribution in [3.8, 4) is 0 Å². The van der Waals surface area contributed by atoms with E-state index in [9.17, 15) is 48.5 Å². The number of amides is 2. The Morgan fingerprint density at radius 1 is 0.903 bits per heavy atom. The molecule has 1 aromatic heterocycles. The molecular formula is C41H51N6O12S3+. The fourth-order valence-corrected chi connectivity index (χ4v) is 8.98. The fraction of sp³-hybridized carbons (Fsp3) is 0.366. The number of allylic oxidation sites excluding steroid dienone is 6. The second kappa shape index (κ2) is 18.7. The molecule has 0 spiro atoms. The number of hydrogen-bond acceptors (Lipinski definition) is 12. The number of aryl methyl sites for hydroxylation is 1. The van der Waals surface area contributed by atoms with Crippen molar-refractivity contribution in [2.45, 2.75) is 55.9 Å². The SMILES string of the molecule is CON(C)C(=O)c1cc2c([n+](CCCS(=O)(=O)O)c1)N=C(/C=C/C=C/C=C1/N(CCCS(=O)(=O)O)c3ccc(S(=O)(=O)O)cc3C1(C)c1ccc(C(=O)NCCN)cc1)C2(C)C. The highest BCUT2D eigenvalue weighted by Gasteiger charge is 2.46. The van der Waals surface area contributed by atoms with Gasteiger partial charge in [0.05, 0.1) is 52.0 Å². The summed E-state index contributed by atoms with van der Waals surface area (Å²) in [5.41, 5.74) is 7.80. The molecule has 0 bridgehead atoms. The van der Waals surface area contributed by atoms with Crippen molar-refractivity contribution in [2.75, 3.05) is 50.2 Å². The van der Waals surface area contributed by atoms with Gasteiger partial charge in [0.2, 0.25) is 0 Å². The van der Waals surface area contributed by atoms with Crippen molar-refractivity contribution in [3.05, 3.63) is 119 Å². The van der Waals surface area contributed by atoms with E-state index in [1.165, 1.54) is 32.4 Å². The van der Waals surface area contributed by atoms with Crippen LogP contribution >= 0.6 is 0 Å². The lowest BCUT2D eigenvalue weighted by Crippen LogP contribution is -2.38. The van der Waals surface area contributed by atoms with E-state index in [2.05, 4.69) is 5.32 Å². The lowest BCUT2D eigenvalue weighted by molar-refractivity contribution is -0.684. The molecule has 6 N–H and O–H groups in total. The molecule has 334 valence electrons. The van der Waals surface area contributed by atoms with Crippen LogP contribution in [0, 0.1) is 0 Å². The zero-order valence-electron chi connectivity index (χ0n) is 34.8. The first-order chi connectivity index (χ1) is 28.9. The highest BCUT2D eigenvalue weighted by Crippen LogP contribution is 2.52. The standard InChI is InChI=1S/C41H50N6O12S3/c1-40(2)33-25-29(39(49)45(4)59-5)27-46(21-9-23-60(50,51)52)37(33)44-35(40)11-7-6-8-12-36-41(3,30-15-13-28(14-16-30)38(48)43-20-19-42)32-26-31(62(56,57)58)17-18-34(32)47(36)22-10-24-61(53,54)55/h6-8,11-18,25-27H,9-10,19-24,42H2,1-5H3,(H3-,43,48,50,51,52,53,54,55,56,57,58)/p+1. The molecule has 5 rings (SSSR count). The molecule has 21 heteroatoms. The molecule has 2 aromatic carbocycles. The summed E-state index contributed by atoms with van der Waals surface area (Å²) in [5.74, 6) is -1.33. The van der Waals surface area contributed by atoms with Crippen LogP contribution < -0.4 is 20.5 Å². The summed E-state index contributed by atoms with van der Waals surface area (Å²) in [6.07, 6.45) is 10.3. The predicted molar refractivity (Wildman–Crippen MR) is 232 cm³/mol. The zero-order chi connectivity index (χ0) is 45.8. The minimum Gasteiger partial charge on any atom is -0.351 e. The predicted octanol–water partition coefficient (Wildman–Crippen LogP) is 3.28. The Morgan fingerprint density at radius 2 is 1.56 bits per heavy atom. The van der Waals surface area contributed by atoms with Crippen molar-refractivity contribution in [2.24, 2.45) is 10.7 Å².